The van der Waals surface area contributed by atoms with E-state index in [2.05, 4.69) is 36.9 Å². The van der Waals surface area contributed by atoms with E-state index >= 15 is 0 Å². The summed E-state index contributed by atoms with van der Waals surface area (Å²) in [4.78, 5) is 19.2. The first-order chi connectivity index (χ1) is 13.5. The number of anilines is 1. The maximum absolute atomic E-state index is 14.1. The van der Waals surface area contributed by atoms with Gasteiger partial charge in [-0.15, -0.1) is 0 Å². The first kappa shape index (κ1) is 18.8. The van der Waals surface area contributed by atoms with Crippen LogP contribution in [-0.4, -0.2) is 11.7 Å². The van der Waals surface area contributed by atoms with Crippen molar-refractivity contribution in [1.82, 2.24) is 0 Å². The van der Waals surface area contributed by atoms with Gasteiger partial charge in [0.25, 0.3) is 5.91 Å². The molecule has 3 aromatic carbocycles. The van der Waals surface area contributed by atoms with E-state index in [0.29, 0.717) is 17.1 Å². The number of benzene rings is 3. The van der Waals surface area contributed by atoms with Crippen LogP contribution in [0.2, 0.25) is 0 Å². The van der Waals surface area contributed by atoms with Gasteiger partial charge in [0.05, 0.1) is 5.69 Å². The molecule has 3 nitrogen and oxygen atoms in total. The van der Waals surface area contributed by atoms with E-state index in [1.165, 1.54) is 12.1 Å². The van der Waals surface area contributed by atoms with E-state index in [0.717, 1.165) is 14.5 Å². The Bertz CT molecular complexity index is 1110. The molecule has 0 bridgehead atoms. The fourth-order valence-electron chi connectivity index (χ4n) is 2.88. The van der Waals surface area contributed by atoms with Crippen molar-refractivity contribution in [2.75, 3.05) is 4.90 Å². The molecule has 1 aliphatic heterocycles. The highest BCUT2D eigenvalue weighted by Gasteiger charge is 2.32. The zero-order valence-corrected chi connectivity index (χ0v) is 17.6. The average Bonchev–Trinajstić information content (AvgIpc) is 3.01. The average molecular weight is 500 g/mol. The number of rotatable bonds is 3. The molecule has 1 aliphatic rings. The lowest BCUT2D eigenvalue weighted by atomic mass is 10.1. The Balaban J connectivity index is 1.84. The number of carbonyl (C=O) groups excluding carboxylic acids is 1. The summed E-state index contributed by atoms with van der Waals surface area (Å²) < 4.78 is 15.9. The molecule has 0 atom stereocenters. The van der Waals surface area contributed by atoms with E-state index in [1.807, 2.05) is 48.5 Å². The summed E-state index contributed by atoms with van der Waals surface area (Å²) >= 11 is 6.83. The minimum Gasteiger partial charge on any atom is -0.266 e. The summed E-state index contributed by atoms with van der Waals surface area (Å²) in [6.45, 7) is 0. The molecule has 138 valence electrons. The fraction of sp³-hybridized carbons (Fsp3) is 0. The first-order valence-electron chi connectivity index (χ1n) is 8.44. The van der Waals surface area contributed by atoms with E-state index in [-0.39, 0.29) is 11.6 Å². The summed E-state index contributed by atoms with van der Waals surface area (Å²) in [6, 6.07) is 21.2. The van der Waals surface area contributed by atoms with Crippen LogP contribution >= 0.6 is 31.9 Å². The molecule has 0 N–H and O–H groups in total. The van der Waals surface area contributed by atoms with Crippen LogP contribution in [0.1, 0.15) is 11.1 Å². The molecule has 1 amide bonds. The van der Waals surface area contributed by atoms with Crippen molar-refractivity contribution in [3.8, 4) is 0 Å². The number of carbonyl (C=O) groups is 1. The largest absolute Gasteiger partial charge is 0.282 e. The van der Waals surface area contributed by atoms with E-state index in [1.54, 1.807) is 23.1 Å². The van der Waals surface area contributed by atoms with Gasteiger partial charge in [-0.3, -0.25) is 9.69 Å². The highest BCUT2D eigenvalue weighted by molar-refractivity contribution is 9.10. The molecule has 4 rings (SSSR count). The summed E-state index contributed by atoms with van der Waals surface area (Å²) in [6.07, 6.45) is 1.48. The number of hydrogen-bond acceptors (Lipinski definition) is 2. The lowest BCUT2D eigenvalue weighted by Crippen LogP contribution is -2.32. The van der Waals surface area contributed by atoms with Crippen molar-refractivity contribution in [2.45, 2.75) is 0 Å². The van der Waals surface area contributed by atoms with Crippen LogP contribution < -0.4 is 4.90 Å². The predicted octanol–water partition coefficient (Wildman–Crippen LogP) is 6.19. The molecular formula is C22H13Br2FN2O. The SMILES string of the molecule is O=C1/C(=C\c2ccccc2F)N=C(c2ccc(Br)cc2)N1c1ccc(Br)cc1. The normalized spacial score (nSPS) is 15.2. The van der Waals surface area contributed by atoms with Gasteiger partial charge in [0.2, 0.25) is 0 Å². The molecule has 0 fully saturated rings. The summed E-state index contributed by atoms with van der Waals surface area (Å²) in [5, 5.41) is 0. The van der Waals surface area contributed by atoms with Crippen molar-refractivity contribution in [1.29, 1.82) is 0 Å². The van der Waals surface area contributed by atoms with E-state index in [4.69, 9.17) is 0 Å². The smallest absolute Gasteiger partial charge is 0.266 e. The molecule has 0 spiro atoms. The summed E-state index contributed by atoms with van der Waals surface area (Å²) in [5.74, 6) is -0.198. The van der Waals surface area contributed by atoms with Gasteiger partial charge in [-0.1, -0.05) is 62.2 Å². The van der Waals surface area contributed by atoms with Crippen LogP contribution in [0.15, 0.2) is 92.4 Å². The number of amides is 1. The van der Waals surface area contributed by atoms with Gasteiger partial charge in [0.15, 0.2) is 0 Å². The van der Waals surface area contributed by atoms with Crippen molar-refractivity contribution in [2.24, 2.45) is 4.99 Å². The van der Waals surface area contributed by atoms with Crippen molar-refractivity contribution >= 4 is 55.4 Å². The maximum atomic E-state index is 14.1. The van der Waals surface area contributed by atoms with Gasteiger partial charge in [0, 0.05) is 20.1 Å². The van der Waals surface area contributed by atoms with Crippen molar-refractivity contribution in [3.63, 3.8) is 0 Å². The minimum absolute atomic E-state index is 0.186. The van der Waals surface area contributed by atoms with Gasteiger partial charge in [0.1, 0.15) is 17.3 Å². The molecule has 0 unspecified atom stereocenters. The lowest BCUT2D eigenvalue weighted by Gasteiger charge is -2.18. The van der Waals surface area contributed by atoms with E-state index in [9.17, 15) is 9.18 Å². The van der Waals surface area contributed by atoms with Gasteiger partial charge < -0.3 is 0 Å². The van der Waals surface area contributed by atoms with Crippen LogP contribution in [0, 0.1) is 5.82 Å². The summed E-state index contributed by atoms with van der Waals surface area (Å²) in [7, 11) is 0. The molecule has 0 radical (unpaired) electrons. The Morgan fingerprint density at radius 1 is 0.857 bits per heavy atom. The Morgan fingerprint density at radius 3 is 2.11 bits per heavy atom. The third-order valence-electron chi connectivity index (χ3n) is 4.25. The predicted molar refractivity (Wildman–Crippen MR) is 117 cm³/mol. The molecule has 3 aromatic rings. The second-order valence-corrected chi connectivity index (χ2v) is 7.94. The van der Waals surface area contributed by atoms with Gasteiger partial charge in [-0.05, 0) is 48.5 Å². The molecule has 0 aliphatic carbocycles. The highest BCUT2D eigenvalue weighted by atomic mass is 79.9. The Morgan fingerprint density at radius 2 is 1.46 bits per heavy atom. The zero-order chi connectivity index (χ0) is 19.7. The lowest BCUT2D eigenvalue weighted by molar-refractivity contribution is -0.113. The molecule has 0 saturated heterocycles. The quantitative estimate of drug-likeness (QED) is 0.396. The van der Waals surface area contributed by atoms with Gasteiger partial charge in [-0.25, -0.2) is 9.38 Å². The molecule has 1 heterocycles. The molecule has 0 saturated carbocycles. The third kappa shape index (κ3) is 3.70. The number of nitrogens with zero attached hydrogens (tertiary/aromatic N) is 2. The Kier molecular flexibility index (Phi) is 5.24. The number of aliphatic imine (C=N–C) groups is 1. The van der Waals surface area contributed by atoms with Crippen molar-refractivity contribution < 1.29 is 9.18 Å². The molecule has 28 heavy (non-hydrogen) atoms. The zero-order valence-electron chi connectivity index (χ0n) is 14.4. The van der Waals surface area contributed by atoms with Crippen LogP contribution in [-0.2, 0) is 4.79 Å². The Hall–Kier alpha value is -2.57. The number of hydrogen-bond donors (Lipinski definition) is 0. The van der Waals surface area contributed by atoms with Crippen LogP contribution in [0.25, 0.3) is 6.08 Å². The Labute approximate surface area is 178 Å². The second kappa shape index (κ2) is 7.81. The second-order valence-electron chi connectivity index (χ2n) is 6.11. The highest BCUT2D eigenvalue weighted by Crippen LogP contribution is 2.29. The van der Waals surface area contributed by atoms with Crippen LogP contribution in [0.5, 0.6) is 0 Å². The summed E-state index contributed by atoms with van der Waals surface area (Å²) in [5.41, 5.74) is 1.98. The minimum atomic E-state index is -0.398. The standard InChI is InChI=1S/C22H13Br2FN2O/c23-16-7-5-14(6-8-16)21-26-20(13-15-3-1-2-4-19(15)25)22(28)27(21)18-11-9-17(24)10-12-18/h1-13H/b20-13+. The topological polar surface area (TPSA) is 32.7 Å². The van der Waals surface area contributed by atoms with Crippen LogP contribution in [0.3, 0.4) is 0 Å². The molecular weight excluding hydrogens is 487 g/mol. The number of halogens is 3. The molecule has 0 aromatic heterocycles. The van der Waals surface area contributed by atoms with Crippen molar-refractivity contribution in [3.05, 3.63) is 104 Å². The first-order valence-corrected chi connectivity index (χ1v) is 10.0. The van der Waals surface area contributed by atoms with Gasteiger partial charge >= 0.3 is 0 Å². The van der Waals surface area contributed by atoms with Crippen LogP contribution in [0.4, 0.5) is 10.1 Å². The number of amidine groups is 1. The molecule has 6 heteroatoms. The van der Waals surface area contributed by atoms with Gasteiger partial charge in [-0.2, -0.15) is 0 Å². The van der Waals surface area contributed by atoms with E-state index < -0.39 is 5.82 Å². The third-order valence-corrected chi connectivity index (χ3v) is 5.30. The monoisotopic (exact) mass is 498 g/mol. The maximum Gasteiger partial charge on any atom is 0.282 e. The fourth-order valence-corrected chi connectivity index (χ4v) is 3.41.